The lowest BCUT2D eigenvalue weighted by atomic mass is 10.1. The van der Waals surface area contributed by atoms with Gasteiger partial charge in [0.15, 0.2) is 6.29 Å². The standard InChI is InChI=1S/C15H24FNO2/c1-4-18-15(19-5-2)10-11-17-12(3)13-6-8-14(16)9-7-13/h6-9,12,15,17H,4-5,10-11H2,1-3H3/t12-/m0/s1. The van der Waals surface area contributed by atoms with Crippen LogP contribution in [0.2, 0.25) is 0 Å². The van der Waals surface area contributed by atoms with E-state index in [-0.39, 0.29) is 18.1 Å². The average molecular weight is 269 g/mol. The van der Waals surface area contributed by atoms with Gasteiger partial charge in [0.2, 0.25) is 0 Å². The first kappa shape index (κ1) is 16.1. The molecule has 3 nitrogen and oxygen atoms in total. The zero-order valence-electron chi connectivity index (χ0n) is 12.0. The van der Waals surface area contributed by atoms with E-state index in [0.717, 1.165) is 18.5 Å². The Kier molecular flexibility index (Phi) is 7.63. The van der Waals surface area contributed by atoms with Crippen molar-refractivity contribution in [2.24, 2.45) is 0 Å². The molecular weight excluding hydrogens is 245 g/mol. The van der Waals surface area contributed by atoms with Gasteiger partial charge in [0.1, 0.15) is 5.82 Å². The number of nitrogens with one attached hydrogen (secondary N) is 1. The molecule has 0 fully saturated rings. The monoisotopic (exact) mass is 269 g/mol. The Balaban J connectivity index is 2.32. The zero-order valence-corrected chi connectivity index (χ0v) is 12.0. The summed E-state index contributed by atoms with van der Waals surface area (Å²) in [6, 6.07) is 6.75. The van der Waals surface area contributed by atoms with Crippen molar-refractivity contribution in [1.29, 1.82) is 0 Å². The average Bonchev–Trinajstić information content (AvgIpc) is 2.40. The molecule has 0 aliphatic heterocycles. The molecule has 4 heteroatoms. The molecule has 0 amide bonds. The van der Waals surface area contributed by atoms with Gasteiger partial charge in [-0.3, -0.25) is 0 Å². The van der Waals surface area contributed by atoms with Gasteiger partial charge in [-0.05, 0) is 38.5 Å². The van der Waals surface area contributed by atoms with Gasteiger partial charge < -0.3 is 14.8 Å². The quantitative estimate of drug-likeness (QED) is 0.698. The number of hydrogen-bond acceptors (Lipinski definition) is 3. The minimum atomic E-state index is -0.205. The smallest absolute Gasteiger partial charge is 0.158 e. The second-order valence-electron chi connectivity index (χ2n) is 4.36. The van der Waals surface area contributed by atoms with Crippen molar-refractivity contribution in [3.8, 4) is 0 Å². The molecule has 0 saturated heterocycles. The third-order valence-electron chi connectivity index (χ3n) is 2.91. The van der Waals surface area contributed by atoms with Gasteiger partial charge in [-0.25, -0.2) is 4.39 Å². The van der Waals surface area contributed by atoms with E-state index in [0.29, 0.717) is 13.2 Å². The van der Waals surface area contributed by atoms with Crippen LogP contribution in [0.25, 0.3) is 0 Å². The minimum Gasteiger partial charge on any atom is -0.353 e. The molecule has 0 aliphatic rings. The maximum atomic E-state index is 12.8. The lowest BCUT2D eigenvalue weighted by Gasteiger charge is -2.19. The molecule has 0 radical (unpaired) electrons. The molecule has 1 aromatic rings. The summed E-state index contributed by atoms with van der Waals surface area (Å²) < 4.78 is 23.8. The van der Waals surface area contributed by atoms with Crippen LogP contribution in [-0.4, -0.2) is 26.0 Å². The Morgan fingerprint density at radius 3 is 2.21 bits per heavy atom. The highest BCUT2D eigenvalue weighted by Gasteiger charge is 2.09. The maximum absolute atomic E-state index is 12.8. The predicted octanol–water partition coefficient (Wildman–Crippen LogP) is 3.27. The fourth-order valence-electron chi connectivity index (χ4n) is 1.87. The van der Waals surface area contributed by atoms with Gasteiger partial charge in [0, 0.05) is 32.2 Å². The fourth-order valence-corrected chi connectivity index (χ4v) is 1.87. The van der Waals surface area contributed by atoms with Crippen molar-refractivity contribution in [2.75, 3.05) is 19.8 Å². The Labute approximate surface area is 115 Å². The van der Waals surface area contributed by atoms with Crippen LogP contribution in [0.4, 0.5) is 4.39 Å². The highest BCUT2D eigenvalue weighted by molar-refractivity contribution is 5.19. The molecule has 0 spiro atoms. The van der Waals surface area contributed by atoms with Crippen LogP contribution >= 0.6 is 0 Å². The number of halogens is 1. The summed E-state index contributed by atoms with van der Waals surface area (Å²) >= 11 is 0. The highest BCUT2D eigenvalue weighted by atomic mass is 19.1. The molecule has 0 heterocycles. The van der Waals surface area contributed by atoms with E-state index in [2.05, 4.69) is 12.2 Å². The Morgan fingerprint density at radius 1 is 1.11 bits per heavy atom. The van der Waals surface area contributed by atoms with Crippen LogP contribution in [0.15, 0.2) is 24.3 Å². The molecule has 0 aliphatic carbocycles. The Bertz CT molecular complexity index is 337. The van der Waals surface area contributed by atoms with Crippen molar-refractivity contribution in [2.45, 2.75) is 39.5 Å². The normalized spacial score (nSPS) is 12.9. The lowest BCUT2D eigenvalue weighted by Crippen LogP contribution is -2.26. The second-order valence-corrected chi connectivity index (χ2v) is 4.36. The van der Waals surface area contributed by atoms with Crippen LogP contribution in [0.1, 0.15) is 38.8 Å². The summed E-state index contributed by atoms with van der Waals surface area (Å²) in [6.07, 6.45) is 0.649. The van der Waals surface area contributed by atoms with Crippen molar-refractivity contribution >= 4 is 0 Å². The lowest BCUT2D eigenvalue weighted by molar-refractivity contribution is -0.138. The SMILES string of the molecule is CCOC(CCN[C@@H](C)c1ccc(F)cc1)OCC. The van der Waals surface area contributed by atoms with Crippen LogP contribution in [0.3, 0.4) is 0 Å². The predicted molar refractivity (Wildman–Crippen MR) is 74.5 cm³/mol. The summed E-state index contributed by atoms with van der Waals surface area (Å²) in [5.74, 6) is -0.205. The number of ether oxygens (including phenoxy) is 2. The third kappa shape index (κ3) is 6.14. The van der Waals surface area contributed by atoms with Gasteiger partial charge in [-0.2, -0.15) is 0 Å². The zero-order chi connectivity index (χ0) is 14.1. The minimum absolute atomic E-state index is 0.150. The maximum Gasteiger partial charge on any atom is 0.158 e. The first-order valence-corrected chi connectivity index (χ1v) is 6.89. The molecule has 0 saturated carbocycles. The molecule has 1 N–H and O–H groups in total. The van der Waals surface area contributed by atoms with Crippen molar-refractivity contribution < 1.29 is 13.9 Å². The first-order valence-electron chi connectivity index (χ1n) is 6.89. The molecule has 19 heavy (non-hydrogen) atoms. The second kappa shape index (κ2) is 9.02. The summed E-state index contributed by atoms with van der Waals surface area (Å²) in [6.45, 7) is 8.07. The van der Waals surface area contributed by atoms with Crippen LogP contribution in [0, 0.1) is 5.82 Å². The van der Waals surface area contributed by atoms with Crippen molar-refractivity contribution in [1.82, 2.24) is 5.32 Å². The van der Waals surface area contributed by atoms with E-state index in [1.54, 1.807) is 12.1 Å². The molecule has 1 aromatic carbocycles. The summed E-state index contributed by atoms with van der Waals surface area (Å²) in [5.41, 5.74) is 1.07. The van der Waals surface area contributed by atoms with Crippen molar-refractivity contribution in [3.05, 3.63) is 35.6 Å². The molecule has 0 unspecified atom stereocenters. The molecule has 0 bridgehead atoms. The third-order valence-corrected chi connectivity index (χ3v) is 2.91. The van der Waals surface area contributed by atoms with Gasteiger partial charge in [0.05, 0.1) is 0 Å². The van der Waals surface area contributed by atoms with Crippen LogP contribution < -0.4 is 5.32 Å². The highest BCUT2D eigenvalue weighted by Crippen LogP contribution is 2.13. The largest absolute Gasteiger partial charge is 0.353 e. The Morgan fingerprint density at radius 2 is 1.68 bits per heavy atom. The summed E-state index contributed by atoms with van der Waals surface area (Å²) in [5, 5.41) is 3.38. The van der Waals surface area contributed by atoms with Crippen molar-refractivity contribution in [3.63, 3.8) is 0 Å². The topological polar surface area (TPSA) is 30.5 Å². The van der Waals surface area contributed by atoms with E-state index in [1.165, 1.54) is 12.1 Å². The molecule has 0 aromatic heterocycles. The molecule has 1 rings (SSSR count). The Hall–Kier alpha value is -0.970. The van der Waals surface area contributed by atoms with E-state index in [4.69, 9.17) is 9.47 Å². The molecule has 1 atom stereocenters. The van der Waals surface area contributed by atoms with Gasteiger partial charge in [-0.1, -0.05) is 12.1 Å². The molecular formula is C15H24FNO2. The van der Waals surface area contributed by atoms with E-state index in [1.807, 2.05) is 13.8 Å². The summed E-state index contributed by atoms with van der Waals surface area (Å²) in [7, 11) is 0. The number of benzene rings is 1. The fraction of sp³-hybridized carbons (Fsp3) is 0.600. The van der Waals surface area contributed by atoms with E-state index in [9.17, 15) is 4.39 Å². The molecule has 108 valence electrons. The van der Waals surface area contributed by atoms with Gasteiger partial charge in [-0.15, -0.1) is 0 Å². The van der Waals surface area contributed by atoms with E-state index >= 15 is 0 Å². The van der Waals surface area contributed by atoms with Crippen LogP contribution in [-0.2, 0) is 9.47 Å². The number of rotatable bonds is 9. The number of hydrogen-bond donors (Lipinski definition) is 1. The van der Waals surface area contributed by atoms with Crippen LogP contribution in [0.5, 0.6) is 0 Å². The van der Waals surface area contributed by atoms with E-state index < -0.39 is 0 Å². The van der Waals surface area contributed by atoms with Gasteiger partial charge >= 0.3 is 0 Å². The summed E-state index contributed by atoms with van der Waals surface area (Å²) in [4.78, 5) is 0. The van der Waals surface area contributed by atoms with Gasteiger partial charge in [0.25, 0.3) is 0 Å². The first-order chi connectivity index (χ1) is 9.17.